The summed E-state index contributed by atoms with van der Waals surface area (Å²) in [5, 5.41) is 9.68. The first-order chi connectivity index (χ1) is 7.81. The summed E-state index contributed by atoms with van der Waals surface area (Å²) in [4.78, 5) is 4.28. The maximum Gasteiger partial charge on any atom is 0.0787 e. The molecule has 0 aliphatic carbocycles. The Labute approximate surface area is 95.6 Å². The topological polar surface area (TPSA) is 33.1 Å². The Hall–Kier alpha value is -1.67. The van der Waals surface area contributed by atoms with Crippen molar-refractivity contribution in [2.75, 3.05) is 0 Å². The maximum absolute atomic E-state index is 9.68. The third-order valence-electron chi connectivity index (χ3n) is 2.64. The van der Waals surface area contributed by atoms with Gasteiger partial charge in [0.1, 0.15) is 0 Å². The van der Waals surface area contributed by atoms with Crippen LogP contribution in [0.1, 0.15) is 25.0 Å². The Morgan fingerprint density at radius 2 is 1.88 bits per heavy atom. The van der Waals surface area contributed by atoms with Crippen molar-refractivity contribution >= 4 is 0 Å². The van der Waals surface area contributed by atoms with E-state index in [9.17, 15) is 5.11 Å². The van der Waals surface area contributed by atoms with Crippen molar-refractivity contribution < 1.29 is 5.11 Å². The second-order valence-corrected chi connectivity index (χ2v) is 3.76. The van der Waals surface area contributed by atoms with Gasteiger partial charge in [-0.25, -0.2) is 0 Å². The zero-order valence-electron chi connectivity index (χ0n) is 9.30. The number of benzene rings is 1. The molecular formula is C14H15NO. The molecule has 0 saturated carbocycles. The summed E-state index contributed by atoms with van der Waals surface area (Å²) in [6.45, 7) is 1.97. The lowest BCUT2D eigenvalue weighted by Gasteiger charge is -2.08. The molecule has 1 atom stereocenters. The molecular weight excluding hydrogens is 198 g/mol. The van der Waals surface area contributed by atoms with E-state index in [0.29, 0.717) is 0 Å². The minimum Gasteiger partial charge on any atom is -0.388 e. The van der Waals surface area contributed by atoms with E-state index in [2.05, 4.69) is 4.98 Å². The lowest BCUT2D eigenvalue weighted by molar-refractivity contribution is 0.173. The molecule has 0 amide bonds. The van der Waals surface area contributed by atoms with Crippen molar-refractivity contribution in [1.29, 1.82) is 0 Å². The molecule has 16 heavy (non-hydrogen) atoms. The molecule has 0 radical (unpaired) electrons. The largest absolute Gasteiger partial charge is 0.388 e. The van der Waals surface area contributed by atoms with Gasteiger partial charge in [0.2, 0.25) is 0 Å². The molecule has 0 bridgehead atoms. The number of hydrogen-bond donors (Lipinski definition) is 1. The molecule has 0 aliphatic heterocycles. The lowest BCUT2D eigenvalue weighted by Crippen LogP contribution is -1.94. The summed E-state index contributed by atoms with van der Waals surface area (Å²) in [6, 6.07) is 13.8. The van der Waals surface area contributed by atoms with Crippen LogP contribution in [0, 0.1) is 0 Å². The van der Waals surface area contributed by atoms with E-state index in [1.807, 2.05) is 49.4 Å². The lowest BCUT2D eigenvalue weighted by atomic mass is 10.0. The molecule has 1 unspecified atom stereocenters. The van der Waals surface area contributed by atoms with Crippen LogP contribution in [0.2, 0.25) is 0 Å². The van der Waals surface area contributed by atoms with Gasteiger partial charge in [-0.2, -0.15) is 0 Å². The Morgan fingerprint density at radius 3 is 2.44 bits per heavy atom. The first kappa shape index (κ1) is 10.8. The molecule has 0 aliphatic rings. The van der Waals surface area contributed by atoms with Crippen LogP contribution in [0.4, 0.5) is 0 Å². The second kappa shape index (κ2) is 4.90. The van der Waals surface area contributed by atoms with Gasteiger partial charge in [-0.15, -0.1) is 0 Å². The third-order valence-corrected chi connectivity index (χ3v) is 2.64. The van der Waals surface area contributed by atoms with Gasteiger partial charge in [-0.3, -0.25) is 4.98 Å². The van der Waals surface area contributed by atoms with Crippen LogP contribution < -0.4 is 0 Å². The van der Waals surface area contributed by atoms with Crippen molar-refractivity contribution in [3.05, 3.63) is 54.2 Å². The first-order valence-corrected chi connectivity index (χ1v) is 5.50. The monoisotopic (exact) mass is 213 g/mol. The zero-order valence-corrected chi connectivity index (χ0v) is 9.30. The van der Waals surface area contributed by atoms with Crippen LogP contribution in [0.25, 0.3) is 11.3 Å². The maximum atomic E-state index is 9.68. The highest BCUT2D eigenvalue weighted by molar-refractivity contribution is 5.59. The van der Waals surface area contributed by atoms with Crippen LogP contribution in [0.3, 0.4) is 0 Å². The predicted octanol–water partition coefficient (Wildman–Crippen LogP) is 3.19. The number of aliphatic hydroxyl groups is 1. The first-order valence-electron chi connectivity index (χ1n) is 5.50. The van der Waals surface area contributed by atoms with Crippen molar-refractivity contribution in [3.63, 3.8) is 0 Å². The second-order valence-electron chi connectivity index (χ2n) is 3.76. The van der Waals surface area contributed by atoms with E-state index in [1.165, 1.54) is 0 Å². The number of aliphatic hydroxyl groups excluding tert-OH is 1. The third kappa shape index (κ3) is 2.28. The highest BCUT2D eigenvalue weighted by Crippen LogP contribution is 2.21. The summed E-state index contributed by atoms with van der Waals surface area (Å²) >= 11 is 0. The molecule has 2 rings (SSSR count). The molecule has 1 aromatic heterocycles. The molecule has 82 valence electrons. The molecule has 0 spiro atoms. The molecule has 1 heterocycles. The Morgan fingerprint density at radius 1 is 1.12 bits per heavy atom. The Bertz CT molecular complexity index is 436. The summed E-state index contributed by atoms with van der Waals surface area (Å²) in [5.41, 5.74) is 3.00. The number of nitrogens with zero attached hydrogens (tertiary/aromatic N) is 1. The highest BCUT2D eigenvalue weighted by atomic mass is 16.3. The standard InChI is InChI=1S/C14H15NO/c1-2-14(16)12-8-6-11(7-9-12)13-5-3-4-10-15-13/h3-10,14,16H,2H2,1H3. The predicted molar refractivity (Wildman–Crippen MR) is 64.9 cm³/mol. The van der Waals surface area contributed by atoms with Crippen LogP contribution in [-0.4, -0.2) is 10.1 Å². The van der Waals surface area contributed by atoms with Crippen molar-refractivity contribution in [2.24, 2.45) is 0 Å². The number of hydrogen-bond acceptors (Lipinski definition) is 2. The van der Waals surface area contributed by atoms with Gasteiger partial charge in [-0.05, 0) is 24.1 Å². The quantitative estimate of drug-likeness (QED) is 0.849. The molecule has 1 N–H and O–H groups in total. The minimum atomic E-state index is -0.363. The van der Waals surface area contributed by atoms with Gasteiger partial charge < -0.3 is 5.11 Å². The SMILES string of the molecule is CCC(O)c1ccc(-c2ccccn2)cc1. The minimum absolute atomic E-state index is 0.363. The Balaban J connectivity index is 2.26. The molecule has 0 saturated heterocycles. The van der Waals surface area contributed by atoms with E-state index >= 15 is 0 Å². The number of pyridine rings is 1. The van der Waals surface area contributed by atoms with Gasteiger partial charge >= 0.3 is 0 Å². The van der Waals surface area contributed by atoms with Crippen LogP contribution in [0.5, 0.6) is 0 Å². The van der Waals surface area contributed by atoms with Crippen LogP contribution >= 0.6 is 0 Å². The smallest absolute Gasteiger partial charge is 0.0787 e. The molecule has 2 aromatic rings. The van der Waals surface area contributed by atoms with Gasteiger partial charge in [0.15, 0.2) is 0 Å². The summed E-state index contributed by atoms with van der Waals surface area (Å²) in [7, 11) is 0. The Kier molecular flexibility index (Phi) is 3.32. The summed E-state index contributed by atoms with van der Waals surface area (Å²) in [6.07, 6.45) is 2.16. The van der Waals surface area contributed by atoms with Crippen molar-refractivity contribution in [1.82, 2.24) is 4.98 Å². The van der Waals surface area contributed by atoms with E-state index in [4.69, 9.17) is 0 Å². The van der Waals surface area contributed by atoms with Gasteiger partial charge in [0.25, 0.3) is 0 Å². The van der Waals surface area contributed by atoms with Crippen LogP contribution in [-0.2, 0) is 0 Å². The normalized spacial score (nSPS) is 12.4. The van der Waals surface area contributed by atoms with Gasteiger partial charge in [0, 0.05) is 11.8 Å². The average Bonchev–Trinajstić information content (AvgIpc) is 2.39. The molecule has 0 fully saturated rings. The van der Waals surface area contributed by atoms with E-state index in [0.717, 1.165) is 23.2 Å². The van der Waals surface area contributed by atoms with Crippen molar-refractivity contribution in [2.45, 2.75) is 19.4 Å². The van der Waals surface area contributed by atoms with Gasteiger partial charge in [0.05, 0.1) is 11.8 Å². The highest BCUT2D eigenvalue weighted by Gasteiger charge is 2.04. The van der Waals surface area contributed by atoms with E-state index in [1.54, 1.807) is 6.20 Å². The van der Waals surface area contributed by atoms with E-state index in [-0.39, 0.29) is 6.10 Å². The average molecular weight is 213 g/mol. The number of rotatable bonds is 3. The zero-order chi connectivity index (χ0) is 11.4. The fourth-order valence-corrected chi connectivity index (χ4v) is 1.65. The van der Waals surface area contributed by atoms with Crippen molar-refractivity contribution in [3.8, 4) is 11.3 Å². The summed E-state index contributed by atoms with van der Waals surface area (Å²) < 4.78 is 0. The van der Waals surface area contributed by atoms with Crippen LogP contribution in [0.15, 0.2) is 48.7 Å². The molecule has 2 nitrogen and oxygen atoms in total. The van der Waals surface area contributed by atoms with E-state index < -0.39 is 0 Å². The fourth-order valence-electron chi connectivity index (χ4n) is 1.65. The summed E-state index contributed by atoms with van der Waals surface area (Å²) in [5.74, 6) is 0. The van der Waals surface area contributed by atoms with Gasteiger partial charge in [-0.1, -0.05) is 37.3 Å². The molecule has 1 aromatic carbocycles. The molecule has 2 heteroatoms. The number of aromatic nitrogens is 1. The fraction of sp³-hybridized carbons (Fsp3) is 0.214.